The molecule has 2 N–H and O–H groups in total. The first-order chi connectivity index (χ1) is 9.69. The number of nitrogens with zero attached hydrogens (tertiary/aromatic N) is 1. The maximum Gasteiger partial charge on any atom is 0.252 e. The summed E-state index contributed by atoms with van der Waals surface area (Å²) in [4.78, 5) is 16.0. The number of carbonyl (C=O) groups excluding carboxylic acids is 1. The third-order valence-corrected chi connectivity index (χ3v) is 3.05. The van der Waals surface area contributed by atoms with Gasteiger partial charge in [-0.1, -0.05) is 11.6 Å². The fraction of sp³-hybridized carbons (Fsp3) is 0.571. The van der Waals surface area contributed by atoms with Crippen LogP contribution in [0.15, 0.2) is 12.3 Å². The third kappa shape index (κ3) is 5.75. The average molecular weight is 300 g/mol. The molecule has 0 aliphatic carbocycles. The van der Waals surface area contributed by atoms with E-state index in [4.69, 9.17) is 16.3 Å². The Balaban J connectivity index is 2.38. The summed E-state index contributed by atoms with van der Waals surface area (Å²) in [6.45, 7) is 4.11. The van der Waals surface area contributed by atoms with Crippen molar-refractivity contribution in [3.8, 4) is 0 Å². The zero-order valence-corrected chi connectivity index (χ0v) is 12.8. The number of carbonyl (C=O) groups is 1. The zero-order valence-electron chi connectivity index (χ0n) is 12.0. The lowest BCUT2D eigenvalue weighted by Crippen LogP contribution is -2.24. The first-order valence-corrected chi connectivity index (χ1v) is 7.23. The molecule has 0 aliphatic heterocycles. The van der Waals surface area contributed by atoms with Gasteiger partial charge in [-0.05, 0) is 32.3 Å². The van der Waals surface area contributed by atoms with Crippen molar-refractivity contribution >= 4 is 23.3 Å². The second kappa shape index (κ2) is 9.55. The van der Waals surface area contributed by atoms with Gasteiger partial charge in [0, 0.05) is 33.0 Å². The summed E-state index contributed by atoms with van der Waals surface area (Å²) in [5.74, 6) is 0.458. The number of rotatable bonds is 9. The van der Waals surface area contributed by atoms with E-state index in [1.54, 1.807) is 13.2 Å². The molecule has 1 heterocycles. The van der Waals surface area contributed by atoms with Crippen molar-refractivity contribution in [2.24, 2.45) is 0 Å². The summed E-state index contributed by atoms with van der Waals surface area (Å²) in [5.41, 5.74) is 0.480. The minimum Gasteiger partial charge on any atom is -0.385 e. The highest BCUT2D eigenvalue weighted by Gasteiger charge is 2.09. The number of methoxy groups -OCH3 is 1. The average Bonchev–Trinajstić information content (AvgIpc) is 2.45. The van der Waals surface area contributed by atoms with Crippen molar-refractivity contribution in [3.05, 3.63) is 22.8 Å². The predicted octanol–water partition coefficient (Wildman–Crippen LogP) is 2.71. The van der Waals surface area contributed by atoms with Crippen LogP contribution in [0.2, 0.25) is 5.02 Å². The SMILES string of the molecule is CCNc1ncc(C(=O)NCCCCCOC)cc1Cl. The summed E-state index contributed by atoms with van der Waals surface area (Å²) >= 11 is 6.05. The number of ether oxygens (including phenoxy) is 1. The van der Waals surface area contributed by atoms with Crippen LogP contribution in [0.4, 0.5) is 5.82 Å². The van der Waals surface area contributed by atoms with Crippen LogP contribution in [0.5, 0.6) is 0 Å². The highest BCUT2D eigenvalue weighted by Crippen LogP contribution is 2.19. The first-order valence-electron chi connectivity index (χ1n) is 6.85. The number of halogens is 1. The van der Waals surface area contributed by atoms with Crippen LogP contribution in [0.25, 0.3) is 0 Å². The Morgan fingerprint density at radius 1 is 1.40 bits per heavy atom. The smallest absolute Gasteiger partial charge is 0.252 e. The van der Waals surface area contributed by atoms with Gasteiger partial charge in [0.2, 0.25) is 0 Å². The van der Waals surface area contributed by atoms with Crippen LogP contribution in [0.1, 0.15) is 36.5 Å². The maximum atomic E-state index is 11.9. The van der Waals surface area contributed by atoms with Crippen LogP contribution in [0, 0.1) is 0 Å². The molecule has 0 bridgehead atoms. The van der Waals surface area contributed by atoms with Gasteiger partial charge in [-0.15, -0.1) is 0 Å². The van der Waals surface area contributed by atoms with E-state index in [1.165, 1.54) is 6.20 Å². The number of hydrogen-bond acceptors (Lipinski definition) is 4. The Morgan fingerprint density at radius 2 is 2.20 bits per heavy atom. The molecule has 1 aromatic rings. The number of unbranched alkanes of at least 4 members (excludes halogenated alkanes) is 2. The molecular weight excluding hydrogens is 278 g/mol. The fourth-order valence-corrected chi connectivity index (χ4v) is 1.94. The lowest BCUT2D eigenvalue weighted by atomic mass is 10.2. The Kier molecular flexibility index (Phi) is 7.99. The van der Waals surface area contributed by atoms with Gasteiger partial charge in [-0.25, -0.2) is 4.98 Å². The van der Waals surface area contributed by atoms with Gasteiger partial charge >= 0.3 is 0 Å². The van der Waals surface area contributed by atoms with Crippen molar-refractivity contribution in [2.45, 2.75) is 26.2 Å². The number of pyridine rings is 1. The standard InChI is InChI=1S/C14H22ClN3O2/c1-3-16-13-12(15)9-11(10-18-13)14(19)17-7-5-4-6-8-20-2/h9-10H,3-8H2,1-2H3,(H,16,18)(H,17,19). The van der Waals surface area contributed by atoms with Crippen LogP contribution in [-0.2, 0) is 4.74 Å². The second-order valence-corrected chi connectivity index (χ2v) is 4.80. The molecule has 0 saturated heterocycles. The molecule has 6 heteroatoms. The summed E-state index contributed by atoms with van der Waals surface area (Å²) in [6, 6.07) is 1.63. The number of anilines is 1. The molecule has 1 aromatic heterocycles. The second-order valence-electron chi connectivity index (χ2n) is 4.39. The van der Waals surface area contributed by atoms with E-state index in [2.05, 4.69) is 15.6 Å². The Hall–Kier alpha value is -1.33. The monoisotopic (exact) mass is 299 g/mol. The third-order valence-electron chi connectivity index (χ3n) is 2.76. The lowest BCUT2D eigenvalue weighted by Gasteiger charge is -2.08. The molecule has 0 unspecified atom stereocenters. The number of aromatic nitrogens is 1. The minimum absolute atomic E-state index is 0.144. The van der Waals surface area contributed by atoms with E-state index >= 15 is 0 Å². The van der Waals surface area contributed by atoms with Crippen molar-refractivity contribution in [2.75, 3.05) is 32.1 Å². The maximum absolute atomic E-state index is 11.9. The molecule has 0 aromatic carbocycles. The number of nitrogens with one attached hydrogen (secondary N) is 2. The molecule has 1 rings (SSSR count). The molecule has 1 amide bonds. The highest BCUT2D eigenvalue weighted by atomic mass is 35.5. The van der Waals surface area contributed by atoms with Crippen LogP contribution in [0.3, 0.4) is 0 Å². The van der Waals surface area contributed by atoms with Gasteiger partial charge in [0.05, 0.1) is 10.6 Å². The summed E-state index contributed by atoms with van der Waals surface area (Å²) < 4.78 is 4.97. The van der Waals surface area contributed by atoms with Gasteiger partial charge in [-0.3, -0.25) is 4.79 Å². The topological polar surface area (TPSA) is 63.2 Å². The van der Waals surface area contributed by atoms with E-state index < -0.39 is 0 Å². The van der Waals surface area contributed by atoms with Gasteiger partial charge in [0.25, 0.3) is 5.91 Å². The molecule has 112 valence electrons. The predicted molar refractivity (Wildman–Crippen MR) is 81.5 cm³/mol. The molecule has 0 spiro atoms. The lowest BCUT2D eigenvalue weighted by molar-refractivity contribution is 0.0952. The van der Waals surface area contributed by atoms with E-state index in [9.17, 15) is 4.79 Å². The molecule has 0 radical (unpaired) electrons. The summed E-state index contributed by atoms with van der Waals surface area (Å²) in [6.07, 6.45) is 4.51. The summed E-state index contributed by atoms with van der Waals surface area (Å²) in [7, 11) is 1.69. The quantitative estimate of drug-likeness (QED) is 0.688. The molecule has 5 nitrogen and oxygen atoms in total. The van der Waals surface area contributed by atoms with Crippen molar-refractivity contribution in [1.82, 2.24) is 10.3 Å². The molecule has 0 atom stereocenters. The van der Waals surface area contributed by atoms with Crippen molar-refractivity contribution in [1.29, 1.82) is 0 Å². The largest absolute Gasteiger partial charge is 0.385 e. The molecular formula is C14H22ClN3O2. The fourth-order valence-electron chi connectivity index (χ4n) is 1.71. The zero-order chi connectivity index (χ0) is 14.8. The van der Waals surface area contributed by atoms with Gasteiger partial charge < -0.3 is 15.4 Å². The Morgan fingerprint density at radius 3 is 2.85 bits per heavy atom. The van der Waals surface area contributed by atoms with Crippen molar-refractivity contribution < 1.29 is 9.53 Å². The Labute approximate surface area is 125 Å². The minimum atomic E-state index is -0.144. The van der Waals surface area contributed by atoms with Crippen LogP contribution >= 0.6 is 11.6 Å². The summed E-state index contributed by atoms with van der Waals surface area (Å²) in [5, 5.41) is 6.34. The number of hydrogen-bond donors (Lipinski definition) is 2. The van der Waals surface area contributed by atoms with Crippen molar-refractivity contribution in [3.63, 3.8) is 0 Å². The van der Waals surface area contributed by atoms with Crippen LogP contribution < -0.4 is 10.6 Å². The van der Waals surface area contributed by atoms with Crippen LogP contribution in [-0.4, -0.2) is 37.7 Å². The first kappa shape index (κ1) is 16.7. The molecule has 0 saturated carbocycles. The molecule has 0 fully saturated rings. The van der Waals surface area contributed by atoms with Gasteiger partial charge in [-0.2, -0.15) is 0 Å². The Bertz CT molecular complexity index is 427. The normalized spacial score (nSPS) is 10.3. The van der Waals surface area contributed by atoms with Gasteiger partial charge in [0.1, 0.15) is 5.82 Å². The highest BCUT2D eigenvalue weighted by molar-refractivity contribution is 6.33. The molecule has 0 aliphatic rings. The van der Waals surface area contributed by atoms with E-state index in [0.717, 1.165) is 32.4 Å². The number of amides is 1. The van der Waals surface area contributed by atoms with E-state index in [0.29, 0.717) is 22.9 Å². The van der Waals surface area contributed by atoms with E-state index in [1.807, 2.05) is 6.92 Å². The molecule has 20 heavy (non-hydrogen) atoms. The van der Waals surface area contributed by atoms with E-state index in [-0.39, 0.29) is 5.91 Å². The van der Waals surface area contributed by atoms with Gasteiger partial charge in [0.15, 0.2) is 0 Å².